The fourth-order valence-corrected chi connectivity index (χ4v) is 2.08. The van der Waals surface area contributed by atoms with Gasteiger partial charge in [0.15, 0.2) is 0 Å². The summed E-state index contributed by atoms with van der Waals surface area (Å²) in [6.07, 6.45) is 3.81. The number of nitrogens with zero attached hydrogens (tertiary/aromatic N) is 2. The van der Waals surface area contributed by atoms with E-state index in [1.165, 1.54) is 12.4 Å². The first-order valence-electron chi connectivity index (χ1n) is 8.05. The van der Waals surface area contributed by atoms with Gasteiger partial charge in [0, 0.05) is 25.5 Å². The van der Waals surface area contributed by atoms with Crippen molar-refractivity contribution in [3.63, 3.8) is 0 Å². The Bertz CT molecular complexity index is 656. The van der Waals surface area contributed by atoms with E-state index in [1.807, 2.05) is 24.3 Å². The Morgan fingerprint density at radius 2 is 2.00 bits per heavy atom. The summed E-state index contributed by atoms with van der Waals surface area (Å²) in [5.41, 5.74) is 1.56. The van der Waals surface area contributed by atoms with Crippen LogP contribution in [0.4, 0.5) is 5.95 Å². The lowest BCUT2D eigenvalue weighted by Crippen LogP contribution is -2.26. The molecule has 0 aliphatic carbocycles. The van der Waals surface area contributed by atoms with Crippen molar-refractivity contribution in [3.8, 4) is 5.75 Å². The monoisotopic (exact) mass is 328 g/mol. The smallest absolute Gasteiger partial charge is 0.254 e. The van der Waals surface area contributed by atoms with Crippen LogP contribution in [0.1, 0.15) is 29.8 Å². The quantitative estimate of drug-likeness (QED) is 0.779. The zero-order valence-electron chi connectivity index (χ0n) is 14.4. The molecular formula is C18H24N4O2. The van der Waals surface area contributed by atoms with Gasteiger partial charge in [-0.15, -0.1) is 0 Å². The number of hydrogen-bond donors (Lipinski definition) is 2. The van der Waals surface area contributed by atoms with Crippen LogP contribution >= 0.6 is 0 Å². The topological polar surface area (TPSA) is 76.1 Å². The third-order valence-electron chi connectivity index (χ3n) is 3.42. The largest absolute Gasteiger partial charge is 0.497 e. The number of rotatable bonds is 8. The van der Waals surface area contributed by atoms with Crippen LogP contribution in [-0.2, 0) is 6.42 Å². The van der Waals surface area contributed by atoms with Gasteiger partial charge in [-0.25, -0.2) is 9.97 Å². The Kier molecular flexibility index (Phi) is 6.54. The van der Waals surface area contributed by atoms with Crippen molar-refractivity contribution < 1.29 is 9.53 Å². The molecule has 1 heterocycles. The number of aromatic nitrogens is 2. The molecule has 6 heteroatoms. The molecule has 0 unspecified atom stereocenters. The van der Waals surface area contributed by atoms with Crippen LogP contribution in [0, 0.1) is 5.92 Å². The molecule has 0 atom stereocenters. The van der Waals surface area contributed by atoms with Crippen molar-refractivity contribution in [2.75, 3.05) is 25.5 Å². The molecule has 24 heavy (non-hydrogen) atoms. The second-order valence-electron chi connectivity index (χ2n) is 5.93. The molecule has 0 spiro atoms. The van der Waals surface area contributed by atoms with Gasteiger partial charge in [-0.2, -0.15) is 0 Å². The van der Waals surface area contributed by atoms with E-state index in [2.05, 4.69) is 34.4 Å². The minimum absolute atomic E-state index is 0.173. The standard InChI is InChI=1S/C18H24N4O2/c1-13(2)10-20-18-21-11-15(12-22-18)17(23)19-8-7-14-5-4-6-16(9-14)24-3/h4-6,9,11-13H,7-8,10H2,1-3H3,(H,19,23)(H,20,21,22). The van der Waals surface area contributed by atoms with E-state index in [1.54, 1.807) is 7.11 Å². The minimum atomic E-state index is -0.173. The SMILES string of the molecule is COc1cccc(CCNC(=O)c2cnc(NCC(C)C)nc2)c1. The number of hydrogen-bond acceptors (Lipinski definition) is 5. The molecule has 0 bridgehead atoms. The summed E-state index contributed by atoms with van der Waals surface area (Å²) >= 11 is 0. The number of nitrogens with one attached hydrogen (secondary N) is 2. The van der Waals surface area contributed by atoms with Crippen molar-refractivity contribution in [2.24, 2.45) is 5.92 Å². The van der Waals surface area contributed by atoms with E-state index in [0.717, 1.165) is 24.3 Å². The molecule has 0 saturated carbocycles. The summed E-state index contributed by atoms with van der Waals surface area (Å²) in [5, 5.41) is 5.99. The zero-order chi connectivity index (χ0) is 17.4. The van der Waals surface area contributed by atoms with Gasteiger partial charge < -0.3 is 15.4 Å². The average Bonchev–Trinajstić information content (AvgIpc) is 2.60. The molecule has 0 fully saturated rings. The Balaban J connectivity index is 1.81. The van der Waals surface area contributed by atoms with Gasteiger partial charge in [0.05, 0.1) is 12.7 Å². The number of carbonyl (C=O) groups is 1. The first-order chi connectivity index (χ1) is 11.6. The van der Waals surface area contributed by atoms with Crippen LogP contribution < -0.4 is 15.4 Å². The Labute approximate surface area is 142 Å². The van der Waals surface area contributed by atoms with Crippen molar-refractivity contribution in [3.05, 3.63) is 47.8 Å². The van der Waals surface area contributed by atoms with E-state index < -0.39 is 0 Å². The Hall–Kier alpha value is -2.63. The van der Waals surface area contributed by atoms with Gasteiger partial charge in [-0.05, 0) is 30.0 Å². The third-order valence-corrected chi connectivity index (χ3v) is 3.42. The van der Waals surface area contributed by atoms with Gasteiger partial charge in [0.1, 0.15) is 5.75 Å². The highest BCUT2D eigenvalue weighted by Crippen LogP contribution is 2.12. The van der Waals surface area contributed by atoms with Crippen LogP contribution in [0.2, 0.25) is 0 Å². The highest BCUT2D eigenvalue weighted by molar-refractivity contribution is 5.93. The Morgan fingerprint density at radius 1 is 1.25 bits per heavy atom. The van der Waals surface area contributed by atoms with Gasteiger partial charge in [0.2, 0.25) is 5.95 Å². The lowest BCUT2D eigenvalue weighted by Gasteiger charge is -2.08. The van der Waals surface area contributed by atoms with Crippen molar-refractivity contribution in [1.82, 2.24) is 15.3 Å². The predicted molar refractivity (Wildman–Crippen MR) is 94.4 cm³/mol. The number of anilines is 1. The van der Waals surface area contributed by atoms with Crippen LogP contribution in [0.25, 0.3) is 0 Å². The molecule has 1 aromatic heterocycles. The second kappa shape index (κ2) is 8.86. The third kappa shape index (κ3) is 5.53. The number of ether oxygens (including phenoxy) is 1. The van der Waals surface area contributed by atoms with E-state index in [9.17, 15) is 4.79 Å². The summed E-state index contributed by atoms with van der Waals surface area (Å²) in [6, 6.07) is 7.80. The molecule has 0 aliphatic heterocycles. The van der Waals surface area contributed by atoms with Crippen LogP contribution in [0.15, 0.2) is 36.7 Å². The molecule has 0 saturated heterocycles. The average molecular weight is 328 g/mol. The molecule has 2 N–H and O–H groups in total. The van der Waals surface area contributed by atoms with Crippen molar-refractivity contribution in [1.29, 1.82) is 0 Å². The summed E-state index contributed by atoms with van der Waals surface area (Å²) in [5.74, 6) is 1.69. The maximum absolute atomic E-state index is 12.1. The predicted octanol–water partition coefficient (Wildman–Crippen LogP) is 2.53. The maximum Gasteiger partial charge on any atom is 0.254 e. The second-order valence-corrected chi connectivity index (χ2v) is 5.93. The molecule has 6 nitrogen and oxygen atoms in total. The van der Waals surface area contributed by atoms with E-state index in [0.29, 0.717) is 24.0 Å². The first-order valence-corrected chi connectivity index (χ1v) is 8.05. The minimum Gasteiger partial charge on any atom is -0.497 e. The molecular weight excluding hydrogens is 304 g/mol. The fourth-order valence-electron chi connectivity index (χ4n) is 2.08. The maximum atomic E-state index is 12.1. The fraction of sp³-hybridized carbons (Fsp3) is 0.389. The normalized spacial score (nSPS) is 10.5. The summed E-state index contributed by atoms with van der Waals surface area (Å²) < 4.78 is 5.19. The molecule has 2 rings (SSSR count). The highest BCUT2D eigenvalue weighted by Gasteiger charge is 2.07. The van der Waals surface area contributed by atoms with E-state index in [-0.39, 0.29) is 5.91 Å². The van der Waals surface area contributed by atoms with Gasteiger partial charge in [-0.1, -0.05) is 26.0 Å². The van der Waals surface area contributed by atoms with Gasteiger partial charge >= 0.3 is 0 Å². The lowest BCUT2D eigenvalue weighted by molar-refractivity contribution is 0.0953. The van der Waals surface area contributed by atoms with E-state index in [4.69, 9.17) is 4.74 Å². The number of amides is 1. The van der Waals surface area contributed by atoms with Crippen molar-refractivity contribution >= 4 is 11.9 Å². The molecule has 1 amide bonds. The van der Waals surface area contributed by atoms with Gasteiger partial charge in [-0.3, -0.25) is 4.79 Å². The van der Waals surface area contributed by atoms with Crippen LogP contribution in [0.5, 0.6) is 5.75 Å². The van der Waals surface area contributed by atoms with Crippen LogP contribution in [0.3, 0.4) is 0 Å². The number of methoxy groups -OCH3 is 1. The Morgan fingerprint density at radius 3 is 2.67 bits per heavy atom. The molecule has 0 radical (unpaired) electrons. The molecule has 128 valence electrons. The number of benzene rings is 1. The molecule has 1 aromatic carbocycles. The van der Waals surface area contributed by atoms with Gasteiger partial charge in [0.25, 0.3) is 5.91 Å². The van der Waals surface area contributed by atoms with Crippen LogP contribution in [-0.4, -0.2) is 36.1 Å². The molecule has 0 aliphatic rings. The number of carbonyl (C=O) groups excluding carboxylic acids is 1. The zero-order valence-corrected chi connectivity index (χ0v) is 14.4. The molecule has 2 aromatic rings. The summed E-state index contributed by atoms with van der Waals surface area (Å²) in [4.78, 5) is 20.4. The first kappa shape index (κ1) is 17.7. The summed E-state index contributed by atoms with van der Waals surface area (Å²) in [7, 11) is 1.64. The summed E-state index contributed by atoms with van der Waals surface area (Å²) in [6.45, 7) is 5.56. The van der Waals surface area contributed by atoms with E-state index >= 15 is 0 Å². The highest BCUT2D eigenvalue weighted by atomic mass is 16.5. The lowest BCUT2D eigenvalue weighted by atomic mass is 10.1. The van der Waals surface area contributed by atoms with Crippen molar-refractivity contribution in [2.45, 2.75) is 20.3 Å².